The molecule has 6 rings (SSSR count). The Morgan fingerprint density at radius 1 is 1.22 bits per heavy atom. The summed E-state index contributed by atoms with van der Waals surface area (Å²) in [5, 5.41) is 4.36. The van der Waals surface area contributed by atoms with E-state index in [1.807, 2.05) is 0 Å². The lowest BCUT2D eigenvalue weighted by molar-refractivity contribution is -0.190. The molecule has 2 unspecified atom stereocenters. The Hall–Kier alpha value is -1.43. The van der Waals surface area contributed by atoms with E-state index in [0.717, 1.165) is 63.3 Å². The molecule has 0 aromatic carbocycles. The van der Waals surface area contributed by atoms with E-state index in [-0.39, 0.29) is 17.0 Å². The van der Waals surface area contributed by atoms with Crippen molar-refractivity contribution in [3.05, 3.63) is 11.7 Å². The summed E-state index contributed by atoms with van der Waals surface area (Å²) in [4.78, 5) is 19.0. The summed E-state index contributed by atoms with van der Waals surface area (Å²) in [6, 6.07) is 0. The zero-order valence-corrected chi connectivity index (χ0v) is 16.6. The number of ether oxygens (including phenoxy) is 1. The number of piperidine rings is 1. The normalized spacial score (nSPS) is 39.0. The van der Waals surface area contributed by atoms with Crippen molar-refractivity contribution >= 4 is 5.97 Å². The van der Waals surface area contributed by atoms with Crippen molar-refractivity contribution in [2.45, 2.75) is 75.7 Å². The topological polar surface area (TPSA) is 68.5 Å². The summed E-state index contributed by atoms with van der Waals surface area (Å²) in [5.41, 5.74) is -0.365. The van der Waals surface area contributed by atoms with Crippen LogP contribution in [0.1, 0.15) is 70.0 Å². The van der Waals surface area contributed by atoms with Crippen molar-refractivity contribution in [1.29, 1.82) is 0 Å². The SMILES string of the molecule is CC(=O)OC12CC3CC(C1)CC(c1nc(CC4CCN(C)CC4)no1)(C3)C2. The first kappa shape index (κ1) is 17.7. The van der Waals surface area contributed by atoms with E-state index in [0.29, 0.717) is 17.8 Å². The maximum absolute atomic E-state index is 11.7. The molecule has 0 radical (unpaired) electrons. The Kier molecular flexibility index (Phi) is 4.12. The molecule has 4 aliphatic carbocycles. The highest BCUT2D eigenvalue weighted by molar-refractivity contribution is 5.66. The molecule has 27 heavy (non-hydrogen) atoms. The fourth-order valence-corrected chi connectivity index (χ4v) is 6.93. The maximum atomic E-state index is 11.7. The molecular formula is C21H31N3O3. The molecule has 1 aromatic rings. The molecule has 5 aliphatic rings. The van der Waals surface area contributed by atoms with Crippen molar-refractivity contribution in [3.8, 4) is 0 Å². The summed E-state index contributed by atoms with van der Waals surface area (Å²) in [6.45, 7) is 3.86. The van der Waals surface area contributed by atoms with Crippen LogP contribution in [0, 0.1) is 17.8 Å². The number of likely N-dealkylation sites (tertiary alicyclic amines) is 1. The van der Waals surface area contributed by atoms with Crippen LogP contribution < -0.4 is 0 Å². The molecule has 6 heteroatoms. The van der Waals surface area contributed by atoms with Crippen molar-refractivity contribution in [1.82, 2.24) is 15.0 Å². The predicted octanol–water partition coefficient (Wildman–Crippen LogP) is 3.11. The van der Waals surface area contributed by atoms with Gasteiger partial charge in [0.2, 0.25) is 5.89 Å². The van der Waals surface area contributed by atoms with Crippen molar-refractivity contribution in [2.75, 3.05) is 20.1 Å². The minimum absolute atomic E-state index is 0.0719. The molecule has 0 spiro atoms. The fraction of sp³-hybridized carbons (Fsp3) is 0.857. The monoisotopic (exact) mass is 373 g/mol. The van der Waals surface area contributed by atoms with Crippen LogP contribution in [0.15, 0.2) is 4.52 Å². The van der Waals surface area contributed by atoms with Gasteiger partial charge in [0.1, 0.15) is 5.60 Å². The van der Waals surface area contributed by atoms with E-state index in [1.54, 1.807) is 0 Å². The van der Waals surface area contributed by atoms with E-state index in [2.05, 4.69) is 17.1 Å². The Morgan fingerprint density at radius 2 is 1.93 bits per heavy atom. The fourth-order valence-electron chi connectivity index (χ4n) is 6.93. The Morgan fingerprint density at radius 3 is 2.59 bits per heavy atom. The minimum Gasteiger partial charge on any atom is -0.459 e. The Balaban J connectivity index is 1.35. The number of aromatic nitrogens is 2. The number of nitrogens with zero attached hydrogens (tertiary/aromatic N) is 3. The van der Waals surface area contributed by atoms with Gasteiger partial charge in [0.15, 0.2) is 5.82 Å². The van der Waals surface area contributed by atoms with Gasteiger partial charge in [-0.25, -0.2) is 0 Å². The largest absolute Gasteiger partial charge is 0.459 e. The van der Waals surface area contributed by atoms with Crippen molar-refractivity contribution in [3.63, 3.8) is 0 Å². The molecule has 6 nitrogen and oxygen atoms in total. The molecule has 5 fully saturated rings. The Labute approximate surface area is 161 Å². The van der Waals surface area contributed by atoms with Crippen LogP contribution in [0.3, 0.4) is 0 Å². The second-order valence-electron chi connectivity index (χ2n) is 9.98. The van der Waals surface area contributed by atoms with E-state index < -0.39 is 0 Å². The molecule has 1 aliphatic heterocycles. The van der Waals surface area contributed by atoms with Crippen LogP contribution in [-0.2, 0) is 21.4 Å². The van der Waals surface area contributed by atoms with Crippen LogP contribution in [0.25, 0.3) is 0 Å². The summed E-state index contributed by atoms with van der Waals surface area (Å²) in [7, 11) is 2.19. The van der Waals surface area contributed by atoms with Gasteiger partial charge in [-0.2, -0.15) is 4.98 Å². The molecule has 148 valence electrons. The third-order valence-corrected chi connectivity index (χ3v) is 7.60. The molecule has 0 amide bonds. The first-order chi connectivity index (χ1) is 12.9. The zero-order chi connectivity index (χ0) is 18.6. The third-order valence-electron chi connectivity index (χ3n) is 7.60. The number of carbonyl (C=O) groups is 1. The molecule has 0 N–H and O–H groups in total. The lowest BCUT2D eigenvalue weighted by Gasteiger charge is -2.59. The van der Waals surface area contributed by atoms with E-state index in [4.69, 9.17) is 14.2 Å². The average Bonchev–Trinajstić information content (AvgIpc) is 3.04. The standard InChI is InChI=1S/C21H31N3O3/c1-14(25)26-21-11-16-7-17(12-21)10-20(9-16,13-21)19-22-18(23-27-19)8-15-3-5-24(2)6-4-15/h15-17H,3-13H2,1-2H3. The number of esters is 1. The van der Waals surface area contributed by atoms with Crippen LogP contribution >= 0.6 is 0 Å². The smallest absolute Gasteiger partial charge is 0.303 e. The van der Waals surface area contributed by atoms with Crippen LogP contribution in [0.2, 0.25) is 0 Å². The van der Waals surface area contributed by atoms with E-state index in [9.17, 15) is 4.79 Å². The number of rotatable bonds is 4. The molecule has 4 bridgehead atoms. The van der Waals surface area contributed by atoms with Gasteiger partial charge in [-0.15, -0.1) is 0 Å². The van der Waals surface area contributed by atoms with Gasteiger partial charge in [0, 0.05) is 19.8 Å². The van der Waals surface area contributed by atoms with Gasteiger partial charge < -0.3 is 14.2 Å². The maximum Gasteiger partial charge on any atom is 0.303 e. The average molecular weight is 373 g/mol. The van der Waals surface area contributed by atoms with E-state index in [1.165, 1.54) is 26.2 Å². The van der Waals surface area contributed by atoms with Crippen LogP contribution in [-0.4, -0.2) is 46.7 Å². The molecular weight excluding hydrogens is 342 g/mol. The van der Waals surface area contributed by atoms with Gasteiger partial charge >= 0.3 is 5.97 Å². The number of hydrogen-bond donors (Lipinski definition) is 0. The van der Waals surface area contributed by atoms with Gasteiger partial charge in [0.25, 0.3) is 0 Å². The van der Waals surface area contributed by atoms with Crippen LogP contribution in [0.5, 0.6) is 0 Å². The first-order valence-corrected chi connectivity index (χ1v) is 10.6. The quantitative estimate of drug-likeness (QED) is 0.756. The number of carbonyl (C=O) groups excluding carboxylic acids is 1. The second kappa shape index (κ2) is 6.29. The summed E-state index contributed by atoms with van der Waals surface area (Å²) < 4.78 is 11.8. The lowest BCUT2D eigenvalue weighted by atomic mass is 9.48. The van der Waals surface area contributed by atoms with Gasteiger partial charge in [-0.3, -0.25) is 4.79 Å². The third kappa shape index (κ3) is 3.20. The number of hydrogen-bond acceptors (Lipinski definition) is 6. The molecule has 2 heterocycles. The summed E-state index contributed by atoms with van der Waals surface area (Å²) in [6.07, 6.45) is 9.74. The first-order valence-electron chi connectivity index (χ1n) is 10.6. The molecule has 1 aromatic heterocycles. The Bertz CT molecular complexity index is 708. The zero-order valence-electron chi connectivity index (χ0n) is 16.6. The summed E-state index contributed by atoms with van der Waals surface area (Å²) >= 11 is 0. The lowest BCUT2D eigenvalue weighted by Crippen LogP contribution is -2.59. The minimum atomic E-state index is -0.293. The summed E-state index contributed by atoms with van der Waals surface area (Å²) in [5.74, 6) is 3.44. The molecule has 4 saturated carbocycles. The van der Waals surface area contributed by atoms with Gasteiger partial charge in [-0.1, -0.05) is 5.16 Å². The highest BCUT2D eigenvalue weighted by Gasteiger charge is 2.62. The highest BCUT2D eigenvalue weighted by atomic mass is 16.6. The highest BCUT2D eigenvalue weighted by Crippen LogP contribution is 2.63. The van der Waals surface area contributed by atoms with E-state index >= 15 is 0 Å². The van der Waals surface area contributed by atoms with Crippen molar-refractivity contribution < 1.29 is 14.1 Å². The second-order valence-corrected chi connectivity index (χ2v) is 9.98. The molecule has 2 atom stereocenters. The predicted molar refractivity (Wildman–Crippen MR) is 99.1 cm³/mol. The van der Waals surface area contributed by atoms with Gasteiger partial charge in [0.05, 0.1) is 5.41 Å². The van der Waals surface area contributed by atoms with Gasteiger partial charge in [-0.05, 0) is 82.8 Å². The van der Waals surface area contributed by atoms with Crippen molar-refractivity contribution in [2.24, 2.45) is 17.8 Å². The molecule has 1 saturated heterocycles. The van der Waals surface area contributed by atoms with Crippen LogP contribution in [0.4, 0.5) is 0 Å².